The number of amides is 3. The summed E-state index contributed by atoms with van der Waals surface area (Å²) in [7, 11) is 0. The van der Waals surface area contributed by atoms with Crippen molar-refractivity contribution in [3.8, 4) is 22.8 Å². The molecule has 7 rings (SSSR count). The Bertz CT molecular complexity index is 1890. The standard InChI is InChI=1S/C40H45N7O5/c41-38-33(26-32(44-45-38)31-8-4-5-9-34(31)48)47-24-19-40(20-25-47,29-6-2-1-3-7-29)43-37(50)18-23-46-21-16-28(17-22-46)27-10-12-30(13-11-27)52-35-14-15-36(49)42-39(35)51/h1-13,26,28,35,48H,14-25H2,(H2,41,45)(H,43,50)(H,42,49,51)/t35-/m0/s1. The molecular formula is C40H45N7O5. The van der Waals surface area contributed by atoms with Crippen molar-refractivity contribution in [1.29, 1.82) is 0 Å². The number of aromatic nitrogens is 2. The highest BCUT2D eigenvalue weighted by Gasteiger charge is 2.38. The van der Waals surface area contributed by atoms with Crippen molar-refractivity contribution in [2.24, 2.45) is 0 Å². The van der Waals surface area contributed by atoms with E-state index in [1.807, 2.05) is 42.5 Å². The van der Waals surface area contributed by atoms with Crippen LogP contribution in [-0.2, 0) is 19.9 Å². The van der Waals surface area contributed by atoms with Crippen LogP contribution in [0.5, 0.6) is 11.5 Å². The number of para-hydroxylation sites is 1. The Labute approximate surface area is 303 Å². The monoisotopic (exact) mass is 703 g/mol. The van der Waals surface area contributed by atoms with Crippen molar-refractivity contribution in [3.63, 3.8) is 0 Å². The molecule has 3 saturated heterocycles. The van der Waals surface area contributed by atoms with Gasteiger partial charge in [0.2, 0.25) is 11.8 Å². The molecule has 0 saturated carbocycles. The van der Waals surface area contributed by atoms with E-state index in [-0.39, 0.29) is 29.9 Å². The van der Waals surface area contributed by atoms with Gasteiger partial charge in [-0.1, -0.05) is 54.6 Å². The molecule has 0 unspecified atom stereocenters. The molecule has 270 valence electrons. The predicted molar refractivity (Wildman–Crippen MR) is 198 cm³/mol. The van der Waals surface area contributed by atoms with E-state index in [2.05, 4.69) is 54.9 Å². The van der Waals surface area contributed by atoms with Gasteiger partial charge in [0.05, 0.1) is 16.9 Å². The molecule has 3 aliphatic heterocycles. The Kier molecular flexibility index (Phi) is 10.3. The second-order valence-electron chi connectivity index (χ2n) is 14.0. The van der Waals surface area contributed by atoms with Crippen LogP contribution in [0, 0.1) is 0 Å². The van der Waals surface area contributed by atoms with Crippen LogP contribution in [0.25, 0.3) is 11.3 Å². The molecule has 0 radical (unpaired) electrons. The van der Waals surface area contributed by atoms with Crippen molar-refractivity contribution >= 4 is 29.2 Å². The minimum Gasteiger partial charge on any atom is -0.507 e. The first-order chi connectivity index (χ1) is 25.3. The molecule has 12 heteroatoms. The maximum absolute atomic E-state index is 13.6. The SMILES string of the molecule is Nc1nnc(-c2ccccc2O)cc1N1CCC(NC(=O)CCN2CCC(c3ccc(O[C@H]4CCC(=O)NC4=O)cc3)CC2)(c2ccccc2)CC1. The van der Waals surface area contributed by atoms with E-state index in [0.29, 0.717) is 74.1 Å². The first kappa shape index (κ1) is 34.9. The van der Waals surface area contributed by atoms with Gasteiger partial charge in [0.15, 0.2) is 11.9 Å². The number of ether oxygens (including phenoxy) is 1. The van der Waals surface area contributed by atoms with Crippen molar-refractivity contribution in [2.75, 3.05) is 43.4 Å². The number of imide groups is 1. The molecule has 3 aromatic carbocycles. The molecule has 3 fully saturated rings. The minimum atomic E-state index is -0.644. The molecule has 52 heavy (non-hydrogen) atoms. The van der Waals surface area contributed by atoms with E-state index < -0.39 is 11.6 Å². The van der Waals surface area contributed by atoms with E-state index >= 15 is 0 Å². The fourth-order valence-electron chi connectivity index (χ4n) is 7.69. The number of nitrogens with one attached hydrogen (secondary N) is 2. The highest BCUT2D eigenvalue weighted by molar-refractivity contribution is 5.99. The number of piperidine rings is 3. The van der Waals surface area contributed by atoms with Crippen LogP contribution >= 0.6 is 0 Å². The van der Waals surface area contributed by atoms with Crippen LogP contribution in [0.1, 0.15) is 62.0 Å². The van der Waals surface area contributed by atoms with Crippen LogP contribution in [0.3, 0.4) is 0 Å². The lowest BCUT2D eigenvalue weighted by molar-refractivity contribution is -0.139. The number of carbonyl (C=O) groups excluding carboxylic acids is 3. The number of rotatable bonds is 10. The van der Waals surface area contributed by atoms with Gasteiger partial charge in [-0.3, -0.25) is 19.7 Å². The third kappa shape index (κ3) is 7.86. The van der Waals surface area contributed by atoms with E-state index in [4.69, 9.17) is 10.5 Å². The lowest BCUT2D eigenvalue weighted by Gasteiger charge is -2.44. The van der Waals surface area contributed by atoms with Gasteiger partial charge < -0.3 is 30.7 Å². The lowest BCUT2D eigenvalue weighted by Crippen LogP contribution is -2.53. The fraction of sp³-hybridized carbons (Fsp3) is 0.375. The molecule has 0 aliphatic carbocycles. The Morgan fingerprint density at radius 1 is 0.923 bits per heavy atom. The second-order valence-corrected chi connectivity index (χ2v) is 14.0. The van der Waals surface area contributed by atoms with Crippen LogP contribution in [-0.4, -0.2) is 76.8 Å². The normalized spacial score (nSPS) is 19.5. The Morgan fingerprint density at radius 3 is 2.35 bits per heavy atom. The van der Waals surface area contributed by atoms with Gasteiger partial charge in [0.25, 0.3) is 5.91 Å². The molecule has 1 atom stereocenters. The second kappa shape index (κ2) is 15.4. The van der Waals surface area contributed by atoms with Crippen LogP contribution in [0.15, 0.2) is 84.9 Å². The first-order valence-electron chi connectivity index (χ1n) is 18.1. The molecule has 12 nitrogen and oxygen atoms in total. The van der Waals surface area contributed by atoms with Crippen LogP contribution in [0.4, 0.5) is 11.5 Å². The fourth-order valence-corrected chi connectivity index (χ4v) is 7.69. The third-order valence-electron chi connectivity index (χ3n) is 10.7. The van der Waals surface area contributed by atoms with Gasteiger partial charge in [0.1, 0.15) is 11.5 Å². The number of likely N-dealkylation sites (tertiary alicyclic amines) is 1. The van der Waals surface area contributed by atoms with E-state index in [1.54, 1.807) is 18.2 Å². The number of phenolic OH excluding ortho intramolecular Hbond substituents is 1. The number of phenols is 1. The number of hydrogen-bond donors (Lipinski definition) is 4. The van der Waals surface area contributed by atoms with Crippen LogP contribution < -0.4 is 26.0 Å². The minimum absolute atomic E-state index is 0.0398. The molecular weight excluding hydrogens is 658 g/mol. The summed E-state index contributed by atoms with van der Waals surface area (Å²) in [6, 6.07) is 27.1. The molecule has 3 aliphatic rings. The van der Waals surface area contributed by atoms with Gasteiger partial charge in [-0.05, 0) is 86.1 Å². The Balaban J connectivity index is 0.924. The highest BCUT2D eigenvalue weighted by atomic mass is 16.5. The molecule has 0 bridgehead atoms. The van der Waals surface area contributed by atoms with E-state index in [0.717, 1.165) is 37.2 Å². The number of benzene rings is 3. The number of nitrogens with zero attached hydrogens (tertiary/aromatic N) is 4. The molecule has 4 heterocycles. The van der Waals surface area contributed by atoms with Crippen molar-refractivity contribution in [2.45, 2.75) is 62.5 Å². The molecule has 5 N–H and O–H groups in total. The zero-order valence-corrected chi connectivity index (χ0v) is 29.2. The van der Waals surface area contributed by atoms with Gasteiger partial charge in [-0.2, -0.15) is 0 Å². The number of anilines is 2. The van der Waals surface area contributed by atoms with Gasteiger partial charge >= 0.3 is 0 Å². The molecule has 0 spiro atoms. The van der Waals surface area contributed by atoms with E-state index in [1.165, 1.54) is 5.56 Å². The maximum Gasteiger partial charge on any atom is 0.267 e. The third-order valence-corrected chi connectivity index (χ3v) is 10.7. The van der Waals surface area contributed by atoms with Crippen LogP contribution in [0.2, 0.25) is 0 Å². The summed E-state index contributed by atoms with van der Waals surface area (Å²) in [4.78, 5) is 41.6. The van der Waals surface area contributed by atoms with E-state index in [9.17, 15) is 19.5 Å². The zero-order chi connectivity index (χ0) is 36.1. The quantitative estimate of drug-likeness (QED) is 0.173. The summed E-state index contributed by atoms with van der Waals surface area (Å²) in [5.74, 6) is 0.901. The topological polar surface area (TPSA) is 163 Å². The van der Waals surface area contributed by atoms with Crippen molar-refractivity contribution in [1.82, 2.24) is 25.7 Å². The van der Waals surface area contributed by atoms with Gasteiger partial charge in [-0.25, -0.2) is 0 Å². The number of hydrogen-bond acceptors (Lipinski definition) is 10. The molecule has 3 amide bonds. The first-order valence-corrected chi connectivity index (χ1v) is 18.1. The summed E-state index contributed by atoms with van der Waals surface area (Å²) in [5.41, 5.74) is 10.0. The number of aromatic hydroxyl groups is 1. The summed E-state index contributed by atoms with van der Waals surface area (Å²) < 4.78 is 5.84. The van der Waals surface area contributed by atoms with Gasteiger partial charge in [0, 0.05) is 44.5 Å². The Morgan fingerprint density at radius 2 is 1.63 bits per heavy atom. The zero-order valence-electron chi connectivity index (χ0n) is 29.2. The number of nitrogen functional groups attached to an aromatic ring is 1. The number of nitrogens with two attached hydrogens (primary N) is 1. The summed E-state index contributed by atoms with van der Waals surface area (Å²) in [5, 5.41) is 24.6. The number of carbonyl (C=O) groups is 3. The van der Waals surface area contributed by atoms with Crippen molar-refractivity contribution < 1.29 is 24.2 Å². The summed E-state index contributed by atoms with van der Waals surface area (Å²) in [6.07, 6.45) is 3.83. The average Bonchev–Trinajstić information content (AvgIpc) is 3.17. The lowest BCUT2D eigenvalue weighted by atomic mass is 9.80. The largest absolute Gasteiger partial charge is 0.507 e. The average molecular weight is 704 g/mol. The van der Waals surface area contributed by atoms with Crippen molar-refractivity contribution in [3.05, 3.63) is 96.1 Å². The summed E-state index contributed by atoms with van der Waals surface area (Å²) in [6.45, 7) is 3.83. The van der Waals surface area contributed by atoms with Gasteiger partial charge in [-0.15, -0.1) is 10.2 Å². The predicted octanol–water partition coefficient (Wildman–Crippen LogP) is 4.50. The maximum atomic E-state index is 13.6. The highest BCUT2D eigenvalue weighted by Crippen LogP contribution is 2.38. The molecule has 4 aromatic rings. The Hall–Kier alpha value is -5.49. The molecule has 1 aromatic heterocycles. The summed E-state index contributed by atoms with van der Waals surface area (Å²) >= 11 is 0. The smallest absolute Gasteiger partial charge is 0.267 e.